The minimum atomic E-state index is -0.643. The van der Waals surface area contributed by atoms with Crippen molar-refractivity contribution in [2.75, 3.05) is 6.61 Å². The zero-order valence-corrected chi connectivity index (χ0v) is 8.01. The highest BCUT2D eigenvalue weighted by molar-refractivity contribution is 5.76. The van der Waals surface area contributed by atoms with Crippen LogP contribution in [0, 0.1) is 0 Å². The van der Waals surface area contributed by atoms with Gasteiger partial charge in [0.1, 0.15) is 0 Å². The first-order valence-corrected chi connectivity index (χ1v) is 3.79. The molecule has 0 saturated heterocycles. The third kappa shape index (κ3) is 8.61. The van der Waals surface area contributed by atoms with Gasteiger partial charge in [-0.25, -0.2) is 10.3 Å². The molecule has 6 heteroatoms. The van der Waals surface area contributed by atoms with E-state index in [0.717, 1.165) is 0 Å². The molecule has 0 rings (SSSR count). The molecule has 0 spiro atoms. The summed E-state index contributed by atoms with van der Waals surface area (Å²) in [7, 11) is 0. The number of carbonyl (C=O) groups excluding carboxylic acids is 2. The van der Waals surface area contributed by atoms with Gasteiger partial charge in [-0.05, 0) is 20.8 Å². The van der Waals surface area contributed by atoms with Gasteiger partial charge in [-0.15, -0.1) is 0 Å². The van der Waals surface area contributed by atoms with E-state index in [1.165, 1.54) is 0 Å². The summed E-state index contributed by atoms with van der Waals surface area (Å²) in [6, 6.07) is -0.506. The molecule has 0 aliphatic heterocycles. The molecule has 6 nitrogen and oxygen atoms in total. The number of amides is 3. The van der Waals surface area contributed by atoms with Crippen molar-refractivity contribution in [3.63, 3.8) is 0 Å². The highest BCUT2D eigenvalue weighted by Crippen LogP contribution is 1.96. The van der Waals surface area contributed by atoms with Gasteiger partial charge >= 0.3 is 6.03 Å². The molecule has 0 saturated carbocycles. The summed E-state index contributed by atoms with van der Waals surface area (Å²) in [5, 5.41) is 2.57. The summed E-state index contributed by atoms with van der Waals surface area (Å²) in [5.41, 5.74) is 6.44. The smallest absolute Gasteiger partial charge is 0.339 e. The zero-order chi connectivity index (χ0) is 10.5. The van der Waals surface area contributed by atoms with Crippen molar-refractivity contribution in [2.24, 2.45) is 5.73 Å². The number of carbonyl (C=O) groups is 2. The Labute approximate surface area is 76.8 Å². The molecule has 0 aliphatic carbocycles. The first-order chi connectivity index (χ1) is 5.81. The Morgan fingerprint density at radius 3 is 2.31 bits per heavy atom. The Balaban J connectivity index is 3.59. The quantitative estimate of drug-likeness (QED) is 0.522. The SMILES string of the molecule is CC(C)(C)NC(=O)NOCC(N)=O. The Morgan fingerprint density at radius 2 is 1.92 bits per heavy atom. The molecular formula is C7H15N3O3. The van der Waals surface area contributed by atoms with E-state index in [0.29, 0.717) is 0 Å². The summed E-state index contributed by atoms with van der Waals surface area (Å²) in [5.74, 6) is -0.643. The van der Waals surface area contributed by atoms with Crippen molar-refractivity contribution in [1.82, 2.24) is 10.8 Å². The Bertz CT molecular complexity index is 198. The van der Waals surface area contributed by atoms with Crippen LogP contribution in [0.1, 0.15) is 20.8 Å². The highest BCUT2D eigenvalue weighted by Gasteiger charge is 2.13. The second-order valence-electron chi connectivity index (χ2n) is 3.56. The standard InChI is InChI=1S/C7H15N3O3/c1-7(2,3)9-6(12)10-13-4-5(8)11/h4H2,1-3H3,(H2,8,11)(H2,9,10,12). The number of urea groups is 1. The number of primary amides is 1. The molecule has 0 aliphatic rings. The zero-order valence-electron chi connectivity index (χ0n) is 8.01. The second kappa shape index (κ2) is 4.66. The molecule has 0 heterocycles. The second-order valence-corrected chi connectivity index (χ2v) is 3.56. The molecule has 0 radical (unpaired) electrons. The van der Waals surface area contributed by atoms with E-state index in [4.69, 9.17) is 5.73 Å². The van der Waals surface area contributed by atoms with Crippen molar-refractivity contribution >= 4 is 11.9 Å². The lowest BCUT2D eigenvalue weighted by Crippen LogP contribution is -2.46. The third-order valence-electron chi connectivity index (χ3n) is 0.868. The summed E-state index contributed by atoms with van der Waals surface area (Å²) in [4.78, 5) is 25.6. The molecule has 0 fully saturated rings. The topological polar surface area (TPSA) is 93.4 Å². The van der Waals surface area contributed by atoms with Gasteiger partial charge in [0.05, 0.1) is 0 Å². The fraction of sp³-hybridized carbons (Fsp3) is 0.714. The maximum absolute atomic E-state index is 10.9. The van der Waals surface area contributed by atoms with Crippen LogP contribution < -0.4 is 16.5 Å². The van der Waals surface area contributed by atoms with Gasteiger partial charge in [-0.2, -0.15) is 0 Å². The highest BCUT2D eigenvalue weighted by atomic mass is 16.7. The molecule has 0 atom stereocenters. The molecule has 3 amide bonds. The minimum absolute atomic E-state index is 0.336. The van der Waals surface area contributed by atoms with Crippen molar-refractivity contribution < 1.29 is 14.4 Å². The number of rotatable bonds is 3. The molecule has 4 N–H and O–H groups in total. The predicted molar refractivity (Wildman–Crippen MR) is 46.6 cm³/mol. The number of hydrogen-bond donors (Lipinski definition) is 3. The van der Waals surface area contributed by atoms with Crippen LogP contribution in [0.15, 0.2) is 0 Å². The van der Waals surface area contributed by atoms with E-state index < -0.39 is 11.9 Å². The molecule has 0 unspecified atom stereocenters. The first kappa shape index (κ1) is 11.7. The molecule has 13 heavy (non-hydrogen) atoms. The van der Waals surface area contributed by atoms with Crippen LogP contribution in [0.3, 0.4) is 0 Å². The normalized spacial score (nSPS) is 10.7. The van der Waals surface area contributed by atoms with Gasteiger partial charge in [0.25, 0.3) is 0 Å². The lowest BCUT2D eigenvalue weighted by molar-refractivity contribution is -0.124. The third-order valence-corrected chi connectivity index (χ3v) is 0.868. The van der Waals surface area contributed by atoms with Gasteiger partial charge in [0, 0.05) is 5.54 Å². The lowest BCUT2D eigenvalue weighted by Gasteiger charge is -2.20. The maximum atomic E-state index is 10.9. The van der Waals surface area contributed by atoms with Crippen molar-refractivity contribution in [1.29, 1.82) is 0 Å². The fourth-order valence-electron chi connectivity index (χ4n) is 0.539. The Hall–Kier alpha value is -1.30. The van der Waals surface area contributed by atoms with Gasteiger partial charge in [-0.3, -0.25) is 9.63 Å². The number of nitrogens with one attached hydrogen (secondary N) is 2. The van der Waals surface area contributed by atoms with Gasteiger partial charge < -0.3 is 11.1 Å². The van der Waals surface area contributed by atoms with Crippen molar-refractivity contribution in [2.45, 2.75) is 26.3 Å². The molecule has 0 bridgehead atoms. The average Bonchev–Trinajstić information content (AvgIpc) is 1.81. The number of hydroxylamine groups is 1. The summed E-state index contributed by atoms with van der Waals surface area (Å²) in [6.07, 6.45) is 0. The Morgan fingerprint density at radius 1 is 1.38 bits per heavy atom. The molecule has 0 aromatic rings. The van der Waals surface area contributed by atoms with E-state index in [9.17, 15) is 9.59 Å². The molecule has 76 valence electrons. The summed E-state index contributed by atoms with van der Waals surface area (Å²) in [6.45, 7) is 5.12. The molecular weight excluding hydrogens is 174 g/mol. The van der Waals surface area contributed by atoms with E-state index in [2.05, 4.69) is 10.2 Å². The van der Waals surface area contributed by atoms with Crippen LogP contribution in [-0.4, -0.2) is 24.1 Å². The van der Waals surface area contributed by atoms with Crippen LogP contribution in [0.2, 0.25) is 0 Å². The van der Waals surface area contributed by atoms with E-state index in [-0.39, 0.29) is 12.1 Å². The van der Waals surface area contributed by atoms with Crippen molar-refractivity contribution in [3.8, 4) is 0 Å². The predicted octanol–water partition coefficient (Wildman–Crippen LogP) is -0.499. The summed E-state index contributed by atoms with van der Waals surface area (Å²) >= 11 is 0. The molecule has 0 aromatic carbocycles. The first-order valence-electron chi connectivity index (χ1n) is 3.79. The summed E-state index contributed by atoms with van der Waals surface area (Å²) < 4.78 is 0. The fourth-order valence-corrected chi connectivity index (χ4v) is 0.539. The van der Waals surface area contributed by atoms with Gasteiger partial charge in [-0.1, -0.05) is 0 Å². The van der Waals surface area contributed by atoms with Gasteiger partial charge in [0.2, 0.25) is 5.91 Å². The van der Waals surface area contributed by atoms with E-state index in [1.54, 1.807) is 0 Å². The largest absolute Gasteiger partial charge is 0.368 e. The maximum Gasteiger partial charge on any atom is 0.339 e. The van der Waals surface area contributed by atoms with Crippen LogP contribution in [0.25, 0.3) is 0 Å². The lowest BCUT2D eigenvalue weighted by atomic mass is 10.1. The van der Waals surface area contributed by atoms with Crippen LogP contribution in [0.5, 0.6) is 0 Å². The van der Waals surface area contributed by atoms with Crippen LogP contribution >= 0.6 is 0 Å². The monoisotopic (exact) mass is 189 g/mol. The number of nitrogens with two attached hydrogens (primary N) is 1. The Kier molecular flexibility index (Phi) is 4.19. The van der Waals surface area contributed by atoms with E-state index >= 15 is 0 Å². The van der Waals surface area contributed by atoms with Gasteiger partial charge in [0.15, 0.2) is 6.61 Å². The van der Waals surface area contributed by atoms with Crippen LogP contribution in [0.4, 0.5) is 4.79 Å². The van der Waals surface area contributed by atoms with Crippen molar-refractivity contribution in [3.05, 3.63) is 0 Å². The number of hydrogen-bond acceptors (Lipinski definition) is 3. The average molecular weight is 189 g/mol. The van der Waals surface area contributed by atoms with E-state index in [1.807, 2.05) is 26.3 Å². The molecule has 0 aromatic heterocycles. The minimum Gasteiger partial charge on any atom is -0.368 e. The van der Waals surface area contributed by atoms with Crippen LogP contribution in [-0.2, 0) is 9.63 Å².